The van der Waals surface area contributed by atoms with Crippen LogP contribution < -0.4 is 15.8 Å². The Morgan fingerprint density at radius 3 is 1.98 bits per heavy atom. The number of ether oxygens (including phenoxy) is 1. The summed E-state index contributed by atoms with van der Waals surface area (Å²) in [7, 11) is 0. The number of rotatable bonds is 6. The summed E-state index contributed by atoms with van der Waals surface area (Å²) < 4.78 is 39.8. The monoisotopic (exact) mass is 638 g/mol. The van der Waals surface area contributed by atoms with Gasteiger partial charge in [0, 0.05) is 56.9 Å². The van der Waals surface area contributed by atoms with Crippen LogP contribution >= 0.6 is 0 Å². The van der Waals surface area contributed by atoms with Crippen LogP contribution in [0.15, 0.2) is 60.9 Å². The molecule has 2 aromatic heterocycles. The number of benzene rings is 2. The number of carboxylic acid groups (broad SMARTS) is 1. The quantitative estimate of drug-likeness (QED) is 0.276. The molecule has 11 nitrogen and oxygen atoms in total. The summed E-state index contributed by atoms with van der Waals surface area (Å²) in [6.45, 7) is 7.09. The van der Waals surface area contributed by atoms with Gasteiger partial charge in [-0.2, -0.15) is 18.3 Å². The van der Waals surface area contributed by atoms with Crippen molar-refractivity contribution in [1.29, 1.82) is 0 Å². The summed E-state index contributed by atoms with van der Waals surface area (Å²) in [6, 6.07) is 19.6. The van der Waals surface area contributed by atoms with Crippen molar-refractivity contribution in [3.05, 3.63) is 60.9 Å². The number of para-hydroxylation sites is 1. The lowest BCUT2D eigenvalue weighted by molar-refractivity contribution is -0.192. The fraction of sp³-hybridized carbons (Fsp3) is 0.438. The zero-order chi connectivity index (χ0) is 32.3. The molecule has 3 fully saturated rings. The molecule has 1 aliphatic carbocycles. The van der Waals surface area contributed by atoms with Crippen LogP contribution in [0.2, 0.25) is 0 Å². The van der Waals surface area contributed by atoms with Gasteiger partial charge in [-0.05, 0) is 62.1 Å². The molecule has 2 aliphatic heterocycles. The third-order valence-corrected chi connectivity index (χ3v) is 9.02. The van der Waals surface area contributed by atoms with Gasteiger partial charge < -0.3 is 20.9 Å². The fourth-order valence-electron chi connectivity index (χ4n) is 6.42. The second kappa shape index (κ2) is 13.6. The number of fused-ring (bicyclic) bond motifs is 1. The number of aliphatic carboxylic acids is 1. The summed E-state index contributed by atoms with van der Waals surface area (Å²) >= 11 is 0. The number of nitrogens with two attached hydrogens (primary N) is 1. The Hall–Kier alpha value is -4.27. The summed E-state index contributed by atoms with van der Waals surface area (Å²) in [5.74, 6) is -0.696. The number of hydrogen-bond donors (Lipinski definition) is 3. The van der Waals surface area contributed by atoms with Gasteiger partial charge in [-0.1, -0.05) is 18.2 Å². The van der Waals surface area contributed by atoms with Crippen LogP contribution in [-0.2, 0) is 4.79 Å². The van der Waals surface area contributed by atoms with E-state index in [0.717, 1.165) is 65.8 Å². The number of hydrogen-bond acceptors (Lipinski definition) is 9. The number of nitrogens with one attached hydrogen (secondary N) is 1. The molecule has 0 atom stereocenters. The van der Waals surface area contributed by atoms with Gasteiger partial charge in [0.05, 0.1) is 11.4 Å². The Balaban J connectivity index is 0.000000480. The van der Waals surface area contributed by atoms with Crippen molar-refractivity contribution < 1.29 is 27.8 Å². The number of carboxylic acids is 1. The molecule has 0 unspecified atom stereocenters. The molecular formula is C32H37F3N8O3. The van der Waals surface area contributed by atoms with Crippen LogP contribution in [0.1, 0.15) is 31.7 Å². The summed E-state index contributed by atoms with van der Waals surface area (Å²) in [5.41, 5.74) is 9.03. The minimum absolute atomic E-state index is 0.315. The number of aromatic nitrogens is 4. The number of halogens is 3. The largest absolute Gasteiger partial charge is 0.490 e. The van der Waals surface area contributed by atoms with E-state index in [-0.39, 0.29) is 0 Å². The van der Waals surface area contributed by atoms with E-state index in [4.69, 9.17) is 25.5 Å². The highest BCUT2D eigenvalue weighted by Crippen LogP contribution is 2.37. The lowest BCUT2D eigenvalue weighted by Crippen LogP contribution is -2.62. The molecule has 7 rings (SSSR count). The molecule has 2 aromatic carbocycles. The average molecular weight is 639 g/mol. The topological polar surface area (TPSA) is 135 Å². The number of nitrogens with zero attached hydrogens (tertiary/aromatic N) is 6. The summed E-state index contributed by atoms with van der Waals surface area (Å²) in [4.78, 5) is 23.2. The number of nitrogen functional groups attached to an aromatic ring is 1. The predicted molar refractivity (Wildman–Crippen MR) is 166 cm³/mol. The van der Waals surface area contributed by atoms with E-state index >= 15 is 0 Å². The number of anilines is 1. The number of carbonyl (C=O) groups is 1. The van der Waals surface area contributed by atoms with Crippen LogP contribution in [0.25, 0.3) is 22.3 Å². The van der Waals surface area contributed by atoms with Crippen molar-refractivity contribution >= 4 is 22.8 Å². The second-order valence-electron chi connectivity index (χ2n) is 11.8. The normalized spacial score (nSPS) is 21.3. The van der Waals surface area contributed by atoms with Crippen molar-refractivity contribution in [2.45, 2.75) is 50.0 Å². The molecule has 46 heavy (non-hydrogen) atoms. The Labute approximate surface area is 264 Å². The molecule has 4 aromatic rings. The lowest BCUT2D eigenvalue weighted by Gasteiger charge is -2.46. The Morgan fingerprint density at radius 1 is 0.848 bits per heavy atom. The third kappa shape index (κ3) is 7.08. The molecule has 3 aliphatic rings. The third-order valence-electron chi connectivity index (χ3n) is 9.02. The number of piperazine rings is 1. The predicted octanol–water partition coefficient (Wildman–Crippen LogP) is 4.57. The first-order chi connectivity index (χ1) is 22.2. The van der Waals surface area contributed by atoms with Gasteiger partial charge in [0.25, 0.3) is 0 Å². The molecule has 4 N–H and O–H groups in total. The van der Waals surface area contributed by atoms with Gasteiger partial charge in [-0.3, -0.25) is 9.80 Å². The van der Waals surface area contributed by atoms with E-state index in [9.17, 15) is 13.2 Å². The molecule has 244 valence electrons. The van der Waals surface area contributed by atoms with E-state index in [1.807, 2.05) is 54.6 Å². The number of alkyl halides is 3. The first kappa shape index (κ1) is 31.7. The van der Waals surface area contributed by atoms with Gasteiger partial charge >= 0.3 is 12.1 Å². The molecule has 0 radical (unpaired) electrons. The molecular weight excluding hydrogens is 601 g/mol. The highest BCUT2D eigenvalue weighted by molar-refractivity contribution is 5.98. The Kier molecular flexibility index (Phi) is 9.38. The van der Waals surface area contributed by atoms with Crippen molar-refractivity contribution in [2.75, 3.05) is 45.0 Å². The summed E-state index contributed by atoms with van der Waals surface area (Å²) in [6.07, 6.45) is 1.05. The first-order valence-corrected chi connectivity index (χ1v) is 15.5. The zero-order valence-electron chi connectivity index (χ0n) is 25.2. The highest BCUT2D eigenvalue weighted by Gasteiger charge is 2.38. The molecule has 0 amide bonds. The van der Waals surface area contributed by atoms with E-state index in [0.29, 0.717) is 17.9 Å². The average Bonchev–Trinajstić information content (AvgIpc) is 3.42. The highest BCUT2D eigenvalue weighted by atomic mass is 19.4. The molecule has 14 heteroatoms. The molecule has 4 heterocycles. The molecule has 1 saturated carbocycles. The first-order valence-electron chi connectivity index (χ1n) is 15.5. The minimum Gasteiger partial charge on any atom is -0.475 e. The standard InChI is InChI=1S/C30H36N8O.C2HF3O2/c31-29-27-28(21-6-12-26(13-7-21)39-25-4-2-1-3-5-25)35-38(30(27)34-20-33-29)23-10-8-22(9-11-23)36-14-16-37(17-15-36)24-18-32-19-24;3-2(4,5)1(6)7/h1-7,12-13,20,22-24,32H,8-11,14-19H2,(H2,31,33,34);(H,6,7). The van der Waals surface area contributed by atoms with Crippen molar-refractivity contribution in [3.8, 4) is 22.8 Å². The van der Waals surface area contributed by atoms with Crippen molar-refractivity contribution in [3.63, 3.8) is 0 Å². The van der Waals surface area contributed by atoms with Crippen molar-refractivity contribution in [2.24, 2.45) is 0 Å². The van der Waals surface area contributed by atoms with E-state index in [1.165, 1.54) is 39.0 Å². The van der Waals surface area contributed by atoms with Gasteiger partial charge in [-0.25, -0.2) is 19.4 Å². The van der Waals surface area contributed by atoms with Gasteiger partial charge in [0.1, 0.15) is 29.3 Å². The summed E-state index contributed by atoms with van der Waals surface area (Å²) in [5, 5.41) is 16.5. The van der Waals surface area contributed by atoms with Crippen LogP contribution in [-0.4, -0.2) is 98.2 Å². The van der Waals surface area contributed by atoms with Crippen LogP contribution in [0.4, 0.5) is 19.0 Å². The smallest absolute Gasteiger partial charge is 0.475 e. The van der Waals surface area contributed by atoms with Crippen LogP contribution in [0, 0.1) is 0 Å². The Bertz CT molecular complexity index is 1610. The molecule has 0 bridgehead atoms. The van der Waals surface area contributed by atoms with E-state index in [1.54, 1.807) is 6.33 Å². The maximum Gasteiger partial charge on any atom is 0.490 e. The fourth-order valence-corrected chi connectivity index (χ4v) is 6.42. The minimum atomic E-state index is -5.08. The lowest BCUT2D eigenvalue weighted by atomic mass is 9.89. The second-order valence-corrected chi connectivity index (χ2v) is 11.8. The zero-order valence-corrected chi connectivity index (χ0v) is 25.2. The maximum atomic E-state index is 10.6. The SMILES string of the molecule is Nc1ncnc2c1c(-c1ccc(Oc3ccccc3)cc1)nn2C1CCC(N2CCN(C3CNC3)CC2)CC1.O=C(O)C(F)(F)F. The van der Waals surface area contributed by atoms with Crippen LogP contribution in [0.3, 0.4) is 0 Å². The maximum absolute atomic E-state index is 10.6. The van der Waals surface area contributed by atoms with Gasteiger partial charge in [0.15, 0.2) is 5.65 Å². The van der Waals surface area contributed by atoms with Gasteiger partial charge in [-0.15, -0.1) is 0 Å². The Morgan fingerprint density at radius 2 is 1.41 bits per heavy atom. The van der Waals surface area contributed by atoms with E-state index < -0.39 is 12.1 Å². The van der Waals surface area contributed by atoms with E-state index in [2.05, 4.69) is 29.8 Å². The van der Waals surface area contributed by atoms with Crippen molar-refractivity contribution in [1.82, 2.24) is 34.9 Å². The molecule has 2 saturated heterocycles. The van der Waals surface area contributed by atoms with Gasteiger partial charge in [0.2, 0.25) is 0 Å². The van der Waals surface area contributed by atoms with Crippen LogP contribution in [0.5, 0.6) is 11.5 Å². The molecule has 0 spiro atoms.